The highest BCUT2D eigenvalue weighted by Crippen LogP contribution is 2.37. The van der Waals surface area contributed by atoms with E-state index < -0.39 is 0 Å². The number of rotatable bonds is 0. The number of ketones is 1. The van der Waals surface area contributed by atoms with Gasteiger partial charge >= 0.3 is 0 Å². The molecule has 1 fully saturated rings. The predicted molar refractivity (Wildman–Crippen MR) is 48.8 cm³/mol. The Morgan fingerprint density at radius 3 is 2.92 bits per heavy atom. The molecule has 0 aliphatic heterocycles. The maximum Gasteiger partial charge on any atom is 0.136 e. The molecule has 12 heavy (non-hydrogen) atoms. The minimum absolute atomic E-state index is 0.381. The Labute approximate surface area is 73.8 Å². The monoisotopic (exact) mass is 164 g/mol. The molecule has 2 rings (SSSR count). The zero-order valence-electron chi connectivity index (χ0n) is 7.62. The van der Waals surface area contributed by atoms with Crippen molar-refractivity contribution >= 4 is 5.78 Å². The molecular formula is C11H16O. The van der Waals surface area contributed by atoms with Crippen LogP contribution >= 0.6 is 0 Å². The first-order valence-electron chi connectivity index (χ1n) is 4.95. The average molecular weight is 164 g/mol. The summed E-state index contributed by atoms with van der Waals surface area (Å²) in [4.78, 5) is 11.6. The van der Waals surface area contributed by atoms with Gasteiger partial charge in [0.05, 0.1) is 0 Å². The minimum Gasteiger partial charge on any atom is -0.299 e. The molecule has 0 spiro atoms. The van der Waals surface area contributed by atoms with E-state index in [2.05, 4.69) is 19.1 Å². The fraction of sp³-hybridized carbons (Fsp3) is 0.727. The van der Waals surface area contributed by atoms with E-state index >= 15 is 0 Å². The lowest BCUT2D eigenvalue weighted by Crippen LogP contribution is -2.32. The van der Waals surface area contributed by atoms with Gasteiger partial charge in [0.15, 0.2) is 0 Å². The number of hydrogen-bond donors (Lipinski definition) is 0. The maximum atomic E-state index is 11.6. The number of hydrogen-bond acceptors (Lipinski definition) is 1. The second-order valence-electron chi connectivity index (χ2n) is 4.32. The zero-order chi connectivity index (χ0) is 8.55. The molecule has 0 aromatic rings. The zero-order valence-corrected chi connectivity index (χ0v) is 7.62. The summed E-state index contributed by atoms with van der Waals surface area (Å²) in [5.41, 5.74) is 0. The highest BCUT2D eigenvalue weighted by molar-refractivity contribution is 5.82. The van der Waals surface area contributed by atoms with Gasteiger partial charge in [-0.25, -0.2) is 0 Å². The van der Waals surface area contributed by atoms with Gasteiger partial charge in [-0.15, -0.1) is 0 Å². The Morgan fingerprint density at radius 1 is 1.33 bits per heavy atom. The van der Waals surface area contributed by atoms with Crippen LogP contribution in [0.4, 0.5) is 0 Å². The summed E-state index contributed by atoms with van der Waals surface area (Å²) >= 11 is 0. The summed E-state index contributed by atoms with van der Waals surface area (Å²) in [7, 11) is 0. The average Bonchev–Trinajstić information content (AvgIpc) is 2.04. The lowest BCUT2D eigenvalue weighted by atomic mass is 9.69. The molecule has 0 aromatic carbocycles. The van der Waals surface area contributed by atoms with E-state index in [1.165, 1.54) is 6.42 Å². The highest BCUT2D eigenvalue weighted by Gasteiger charge is 2.34. The highest BCUT2D eigenvalue weighted by atomic mass is 16.1. The molecule has 2 aliphatic carbocycles. The topological polar surface area (TPSA) is 17.1 Å². The van der Waals surface area contributed by atoms with Gasteiger partial charge in [0.2, 0.25) is 0 Å². The van der Waals surface area contributed by atoms with Crippen molar-refractivity contribution in [2.75, 3.05) is 0 Å². The lowest BCUT2D eigenvalue weighted by molar-refractivity contribution is -0.128. The van der Waals surface area contributed by atoms with Crippen LogP contribution in [0.3, 0.4) is 0 Å². The van der Waals surface area contributed by atoms with Gasteiger partial charge in [-0.05, 0) is 31.1 Å². The van der Waals surface area contributed by atoms with Crippen molar-refractivity contribution in [2.45, 2.75) is 32.6 Å². The van der Waals surface area contributed by atoms with E-state index in [0.717, 1.165) is 19.3 Å². The fourth-order valence-electron chi connectivity index (χ4n) is 2.62. The lowest BCUT2D eigenvalue weighted by Gasteiger charge is -2.34. The third kappa shape index (κ3) is 1.33. The number of carbonyl (C=O) groups excluding carboxylic acids is 1. The van der Waals surface area contributed by atoms with Gasteiger partial charge in [0, 0.05) is 12.3 Å². The van der Waals surface area contributed by atoms with Crippen molar-refractivity contribution in [2.24, 2.45) is 17.8 Å². The van der Waals surface area contributed by atoms with Crippen LogP contribution in [-0.4, -0.2) is 5.78 Å². The second kappa shape index (κ2) is 3.04. The largest absolute Gasteiger partial charge is 0.299 e. The summed E-state index contributed by atoms with van der Waals surface area (Å²) in [5, 5.41) is 0. The van der Waals surface area contributed by atoms with Crippen molar-refractivity contribution in [1.82, 2.24) is 0 Å². The van der Waals surface area contributed by atoms with Crippen molar-refractivity contribution < 1.29 is 4.79 Å². The Morgan fingerprint density at radius 2 is 2.08 bits per heavy atom. The molecule has 1 nitrogen and oxygen atoms in total. The smallest absolute Gasteiger partial charge is 0.136 e. The van der Waals surface area contributed by atoms with Gasteiger partial charge in [0.25, 0.3) is 0 Å². The summed E-state index contributed by atoms with van der Waals surface area (Å²) in [6, 6.07) is 0. The van der Waals surface area contributed by atoms with E-state index in [9.17, 15) is 4.79 Å². The molecule has 0 aromatic heterocycles. The minimum atomic E-state index is 0.381. The van der Waals surface area contributed by atoms with Crippen LogP contribution in [0.15, 0.2) is 12.2 Å². The van der Waals surface area contributed by atoms with Crippen LogP contribution < -0.4 is 0 Å². The number of carbonyl (C=O) groups is 1. The van der Waals surface area contributed by atoms with Crippen LogP contribution in [0, 0.1) is 17.8 Å². The normalized spacial score (nSPS) is 41.1. The van der Waals surface area contributed by atoms with E-state index in [-0.39, 0.29) is 0 Å². The van der Waals surface area contributed by atoms with Gasteiger partial charge in [-0.3, -0.25) is 4.79 Å². The first-order valence-corrected chi connectivity index (χ1v) is 4.95. The molecule has 3 atom stereocenters. The third-order valence-electron chi connectivity index (χ3n) is 3.23. The van der Waals surface area contributed by atoms with Crippen LogP contribution in [0.1, 0.15) is 32.6 Å². The molecule has 0 N–H and O–H groups in total. The number of Topliss-reactive ketones (excluding diaryl/α,β-unsaturated/α-hetero) is 1. The molecule has 0 heterocycles. The van der Waals surface area contributed by atoms with Crippen LogP contribution in [0.5, 0.6) is 0 Å². The predicted octanol–water partition coefficient (Wildman–Crippen LogP) is 2.57. The number of fused-ring (bicyclic) bond motifs is 1. The first-order chi connectivity index (χ1) is 5.77. The molecule has 0 saturated heterocycles. The van der Waals surface area contributed by atoms with Crippen LogP contribution in [0.2, 0.25) is 0 Å². The van der Waals surface area contributed by atoms with Gasteiger partial charge in [0.1, 0.15) is 5.78 Å². The van der Waals surface area contributed by atoms with E-state index in [1.807, 2.05) is 0 Å². The Kier molecular flexibility index (Phi) is 2.03. The Bertz CT molecular complexity index is 217. The van der Waals surface area contributed by atoms with Gasteiger partial charge < -0.3 is 0 Å². The second-order valence-corrected chi connectivity index (χ2v) is 4.32. The van der Waals surface area contributed by atoms with Gasteiger partial charge in [-0.2, -0.15) is 0 Å². The first kappa shape index (κ1) is 8.03. The summed E-state index contributed by atoms with van der Waals surface area (Å²) in [6.45, 7) is 2.20. The molecular weight excluding hydrogens is 148 g/mol. The van der Waals surface area contributed by atoms with Crippen molar-refractivity contribution in [3.05, 3.63) is 12.2 Å². The Balaban J connectivity index is 2.13. The van der Waals surface area contributed by atoms with E-state index in [4.69, 9.17) is 0 Å². The van der Waals surface area contributed by atoms with E-state index in [1.54, 1.807) is 0 Å². The standard InChI is InChI=1S/C11H16O/c1-8-6-9-4-2-3-5-10(9)11(12)7-8/h2-3,8-10H,4-7H2,1H3/t8-,9-,10-/m1/s1. The van der Waals surface area contributed by atoms with Crippen molar-refractivity contribution in [3.63, 3.8) is 0 Å². The van der Waals surface area contributed by atoms with Crippen molar-refractivity contribution in [3.8, 4) is 0 Å². The molecule has 2 aliphatic rings. The quantitative estimate of drug-likeness (QED) is 0.503. The fourth-order valence-corrected chi connectivity index (χ4v) is 2.62. The Hall–Kier alpha value is -0.590. The molecule has 0 unspecified atom stereocenters. The summed E-state index contributed by atoms with van der Waals surface area (Å²) in [6.07, 6.45) is 8.66. The third-order valence-corrected chi connectivity index (χ3v) is 3.23. The molecule has 0 bridgehead atoms. The number of allylic oxidation sites excluding steroid dienone is 2. The molecule has 1 heteroatoms. The molecule has 66 valence electrons. The van der Waals surface area contributed by atoms with Crippen LogP contribution in [-0.2, 0) is 4.79 Å². The summed E-state index contributed by atoms with van der Waals surface area (Å²) in [5.74, 6) is 2.20. The SMILES string of the molecule is C[C@H]1CC(=O)[C@@H]2CC=CC[C@@H]2C1. The van der Waals surface area contributed by atoms with Crippen molar-refractivity contribution in [1.29, 1.82) is 0 Å². The summed E-state index contributed by atoms with van der Waals surface area (Å²) < 4.78 is 0. The maximum absolute atomic E-state index is 11.6. The molecule has 1 saturated carbocycles. The molecule has 0 amide bonds. The molecule has 0 radical (unpaired) electrons. The van der Waals surface area contributed by atoms with Crippen LogP contribution in [0.25, 0.3) is 0 Å². The van der Waals surface area contributed by atoms with E-state index in [0.29, 0.717) is 23.5 Å². The van der Waals surface area contributed by atoms with Gasteiger partial charge in [-0.1, -0.05) is 19.1 Å².